The molecule has 1 amide bonds. The maximum absolute atomic E-state index is 11.7. The Bertz CT molecular complexity index is 539. The van der Waals surface area contributed by atoms with Crippen LogP contribution in [0.1, 0.15) is 18.1 Å². The first-order valence-corrected chi connectivity index (χ1v) is 6.16. The molecule has 0 aromatic heterocycles. The number of rotatable bonds is 5. The van der Waals surface area contributed by atoms with Gasteiger partial charge in [-0.1, -0.05) is 60.7 Å². The average Bonchev–Trinajstić information content (AvgIpc) is 2.46. The third-order valence-corrected chi connectivity index (χ3v) is 3.17. The Balaban J connectivity index is 2.19. The second kappa shape index (κ2) is 5.67. The van der Waals surface area contributed by atoms with E-state index in [1.54, 1.807) is 6.92 Å². The van der Waals surface area contributed by atoms with E-state index in [1.165, 1.54) is 0 Å². The standard InChI is InChI=1S/C16H17NO2/c1-16(15(17)18,14-10-6-3-7-11-14)19-12-13-8-4-2-5-9-13/h2-11H,12H2,1H3,(H2,17,18). The Morgan fingerprint density at radius 1 is 1.05 bits per heavy atom. The van der Waals surface area contributed by atoms with E-state index in [4.69, 9.17) is 10.5 Å². The molecule has 0 bridgehead atoms. The lowest BCUT2D eigenvalue weighted by Crippen LogP contribution is -2.40. The zero-order valence-corrected chi connectivity index (χ0v) is 10.9. The molecule has 2 N–H and O–H groups in total. The van der Waals surface area contributed by atoms with Gasteiger partial charge in [-0.3, -0.25) is 4.79 Å². The number of nitrogens with two attached hydrogens (primary N) is 1. The predicted octanol–water partition coefficient (Wildman–Crippen LogP) is 2.60. The predicted molar refractivity (Wildman–Crippen MR) is 74.2 cm³/mol. The zero-order chi connectivity index (χ0) is 13.7. The highest BCUT2D eigenvalue weighted by Crippen LogP contribution is 2.26. The van der Waals surface area contributed by atoms with Crippen LogP contribution in [-0.4, -0.2) is 5.91 Å². The number of primary amides is 1. The van der Waals surface area contributed by atoms with E-state index in [-0.39, 0.29) is 0 Å². The quantitative estimate of drug-likeness (QED) is 0.892. The molecule has 2 rings (SSSR count). The van der Waals surface area contributed by atoms with E-state index in [0.717, 1.165) is 11.1 Å². The minimum Gasteiger partial charge on any atom is -0.367 e. The Hall–Kier alpha value is -2.13. The monoisotopic (exact) mass is 255 g/mol. The highest BCUT2D eigenvalue weighted by atomic mass is 16.5. The summed E-state index contributed by atoms with van der Waals surface area (Å²) < 4.78 is 5.79. The molecule has 0 heterocycles. The number of ether oxygens (including phenoxy) is 1. The highest BCUT2D eigenvalue weighted by molar-refractivity contribution is 5.84. The molecule has 2 aromatic carbocycles. The molecular weight excluding hydrogens is 238 g/mol. The Kier molecular flexibility index (Phi) is 3.97. The average molecular weight is 255 g/mol. The third-order valence-electron chi connectivity index (χ3n) is 3.17. The Labute approximate surface area is 113 Å². The van der Waals surface area contributed by atoms with Crippen LogP contribution in [0.4, 0.5) is 0 Å². The minimum absolute atomic E-state index is 0.342. The molecule has 2 aromatic rings. The third kappa shape index (κ3) is 3.01. The Morgan fingerprint density at radius 2 is 1.58 bits per heavy atom. The fraction of sp³-hybridized carbons (Fsp3) is 0.188. The van der Waals surface area contributed by atoms with E-state index >= 15 is 0 Å². The first-order valence-electron chi connectivity index (χ1n) is 6.16. The van der Waals surface area contributed by atoms with Crippen LogP contribution in [0, 0.1) is 0 Å². The normalized spacial score (nSPS) is 13.7. The van der Waals surface area contributed by atoms with E-state index in [1.807, 2.05) is 60.7 Å². The number of amides is 1. The first kappa shape index (κ1) is 13.3. The van der Waals surface area contributed by atoms with Crippen LogP contribution in [0.25, 0.3) is 0 Å². The molecule has 1 atom stereocenters. The molecule has 1 unspecified atom stereocenters. The summed E-state index contributed by atoms with van der Waals surface area (Å²) in [5, 5.41) is 0. The van der Waals surface area contributed by atoms with Crippen LogP contribution in [0.5, 0.6) is 0 Å². The maximum Gasteiger partial charge on any atom is 0.254 e. The van der Waals surface area contributed by atoms with Gasteiger partial charge in [0.05, 0.1) is 6.61 Å². The summed E-state index contributed by atoms with van der Waals surface area (Å²) in [6.07, 6.45) is 0. The van der Waals surface area contributed by atoms with Crippen molar-refractivity contribution in [2.24, 2.45) is 5.73 Å². The molecule has 0 fully saturated rings. The smallest absolute Gasteiger partial charge is 0.254 e. The zero-order valence-electron chi connectivity index (χ0n) is 10.9. The molecule has 0 aliphatic heterocycles. The summed E-state index contributed by atoms with van der Waals surface area (Å²) in [5.41, 5.74) is 6.16. The van der Waals surface area contributed by atoms with Crippen LogP contribution in [0.2, 0.25) is 0 Å². The molecule has 0 saturated heterocycles. The first-order chi connectivity index (χ1) is 9.13. The van der Waals surface area contributed by atoms with Gasteiger partial charge in [0.15, 0.2) is 5.60 Å². The topological polar surface area (TPSA) is 52.3 Å². The lowest BCUT2D eigenvalue weighted by atomic mass is 9.95. The van der Waals surface area contributed by atoms with Crippen molar-refractivity contribution in [2.45, 2.75) is 19.1 Å². The minimum atomic E-state index is -1.11. The summed E-state index contributed by atoms with van der Waals surface area (Å²) in [6, 6.07) is 19.0. The van der Waals surface area contributed by atoms with Crippen molar-refractivity contribution in [3.8, 4) is 0 Å². The fourth-order valence-electron chi connectivity index (χ4n) is 1.85. The molecule has 98 valence electrons. The van der Waals surface area contributed by atoms with Crippen LogP contribution >= 0.6 is 0 Å². The van der Waals surface area contributed by atoms with Crippen molar-refractivity contribution in [3.63, 3.8) is 0 Å². The molecule has 0 spiro atoms. The number of carbonyl (C=O) groups is 1. The molecule has 19 heavy (non-hydrogen) atoms. The summed E-state index contributed by atoms with van der Waals surface area (Å²) >= 11 is 0. The van der Waals surface area contributed by atoms with E-state index in [9.17, 15) is 4.79 Å². The van der Waals surface area contributed by atoms with Crippen LogP contribution < -0.4 is 5.73 Å². The molecule has 3 nitrogen and oxygen atoms in total. The van der Waals surface area contributed by atoms with Gasteiger partial charge in [-0.05, 0) is 18.1 Å². The number of carbonyl (C=O) groups excluding carboxylic acids is 1. The molecule has 0 aliphatic carbocycles. The SMILES string of the molecule is CC(OCc1ccccc1)(C(N)=O)c1ccccc1. The molecule has 0 saturated carbocycles. The molecule has 0 radical (unpaired) electrons. The number of hydrogen-bond acceptors (Lipinski definition) is 2. The van der Waals surface area contributed by atoms with Crippen LogP contribution in [0.15, 0.2) is 60.7 Å². The van der Waals surface area contributed by atoms with E-state index in [0.29, 0.717) is 6.61 Å². The number of benzene rings is 2. The lowest BCUT2D eigenvalue weighted by Gasteiger charge is -2.27. The largest absolute Gasteiger partial charge is 0.367 e. The van der Waals surface area contributed by atoms with Crippen molar-refractivity contribution >= 4 is 5.91 Å². The van der Waals surface area contributed by atoms with Gasteiger partial charge in [-0.15, -0.1) is 0 Å². The van der Waals surface area contributed by atoms with Crippen LogP contribution in [-0.2, 0) is 21.7 Å². The summed E-state index contributed by atoms with van der Waals surface area (Å²) in [7, 11) is 0. The van der Waals surface area contributed by atoms with Crippen molar-refractivity contribution in [1.29, 1.82) is 0 Å². The van der Waals surface area contributed by atoms with Crippen molar-refractivity contribution in [3.05, 3.63) is 71.8 Å². The summed E-state index contributed by atoms with van der Waals surface area (Å²) in [4.78, 5) is 11.7. The summed E-state index contributed by atoms with van der Waals surface area (Å²) in [6.45, 7) is 2.04. The van der Waals surface area contributed by atoms with Crippen LogP contribution in [0.3, 0.4) is 0 Å². The van der Waals surface area contributed by atoms with Crippen molar-refractivity contribution < 1.29 is 9.53 Å². The molecule has 0 aliphatic rings. The van der Waals surface area contributed by atoms with Gasteiger partial charge >= 0.3 is 0 Å². The highest BCUT2D eigenvalue weighted by Gasteiger charge is 2.34. The fourth-order valence-corrected chi connectivity index (χ4v) is 1.85. The van der Waals surface area contributed by atoms with Gasteiger partial charge in [-0.25, -0.2) is 0 Å². The van der Waals surface area contributed by atoms with Gasteiger partial charge in [0.25, 0.3) is 5.91 Å². The van der Waals surface area contributed by atoms with Gasteiger partial charge < -0.3 is 10.5 Å². The van der Waals surface area contributed by atoms with Crippen molar-refractivity contribution in [1.82, 2.24) is 0 Å². The second-order valence-corrected chi connectivity index (χ2v) is 4.54. The van der Waals surface area contributed by atoms with Gasteiger partial charge in [0, 0.05) is 0 Å². The van der Waals surface area contributed by atoms with Crippen molar-refractivity contribution in [2.75, 3.05) is 0 Å². The summed E-state index contributed by atoms with van der Waals surface area (Å²) in [5.74, 6) is -0.491. The van der Waals surface area contributed by atoms with Gasteiger partial charge in [0.2, 0.25) is 0 Å². The molecule has 3 heteroatoms. The van der Waals surface area contributed by atoms with Gasteiger partial charge in [0.1, 0.15) is 0 Å². The van der Waals surface area contributed by atoms with Gasteiger partial charge in [-0.2, -0.15) is 0 Å². The number of hydrogen-bond donors (Lipinski definition) is 1. The van der Waals surface area contributed by atoms with E-state index < -0.39 is 11.5 Å². The lowest BCUT2D eigenvalue weighted by molar-refractivity contribution is -0.144. The van der Waals surface area contributed by atoms with E-state index in [2.05, 4.69) is 0 Å². The molecular formula is C16H17NO2. The second-order valence-electron chi connectivity index (χ2n) is 4.54. The maximum atomic E-state index is 11.7. The Morgan fingerprint density at radius 3 is 2.11 bits per heavy atom.